The fraction of sp³-hybridized carbons (Fsp3) is 0.0952. The molecule has 0 saturated carbocycles. The number of hydrogen-bond donors (Lipinski definition) is 2. The Hall–Kier alpha value is -2.94. The molecule has 0 aliphatic heterocycles. The van der Waals surface area contributed by atoms with Crippen LogP contribution in [0.5, 0.6) is 11.5 Å². The summed E-state index contributed by atoms with van der Waals surface area (Å²) in [6, 6.07) is 15.1. The number of nitrogens with one attached hydrogen (secondary N) is 2. The first-order chi connectivity index (χ1) is 14.7. The number of methoxy groups -OCH3 is 2. The fourth-order valence-electron chi connectivity index (χ4n) is 2.76. The molecule has 0 spiro atoms. The topological polar surface area (TPSA) is 93.7 Å². The lowest BCUT2D eigenvalue weighted by atomic mass is 10.2. The maximum absolute atomic E-state index is 12.9. The van der Waals surface area contributed by atoms with Crippen molar-refractivity contribution >= 4 is 50.5 Å². The van der Waals surface area contributed by atoms with E-state index in [0.717, 1.165) is 0 Å². The van der Waals surface area contributed by atoms with Crippen LogP contribution in [-0.2, 0) is 10.0 Å². The monoisotopic (exact) mass is 480 g/mol. The lowest BCUT2D eigenvalue weighted by Gasteiger charge is -2.15. The van der Waals surface area contributed by atoms with Crippen molar-refractivity contribution in [1.82, 2.24) is 0 Å². The summed E-state index contributed by atoms with van der Waals surface area (Å²) in [5.74, 6) is 0.110. The van der Waals surface area contributed by atoms with Gasteiger partial charge in [0.25, 0.3) is 15.9 Å². The van der Waals surface area contributed by atoms with Gasteiger partial charge in [-0.1, -0.05) is 35.3 Å². The van der Waals surface area contributed by atoms with Crippen LogP contribution in [0.2, 0.25) is 10.0 Å². The summed E-state index contributed by atoms with van der Waals surface area (Å²) >= 11 is 11.9. The minimum absolute atomic E-state index is 0.0846. The predicted molar refractivity (Wildman–Crippen MR) is 121 cm³/mol. The number of carbonyl (C=O) groups is 1. The van der Waals surface area contributed by atoms with Gasteiger partial charge in [-0.2, -0.15) is 0 Å². The van der Waals surface area contributed by atoms with Gasteiger partial charge in [0.05, 0.1) is 30.5 Å². The standard InChI is InChI=1S/C21H18Cl2N2O5S/c1-29-19-6-4-3-5-17(19)25-31(27,28)16-7-8-20(30-2)18(12-16)24-21(26)13-9-14(22)11-15(23)10-13/h3-12,25H,1-2H3,(H,24,26). The number of sulfonamides is 1. The number of carbonyl (C=O) groups excluding carboxylic acids is 1. The molecule has 162 valence electrons. The number of benzene rings is 3. The third kappa shape index (κ3) is 5.41. The molecule has 0 unspecified atom stereocenters. The van der Waals surface area contributed by atoms with E-state index in [-0.39, 0.29) is 27.6 Å². The van der Waals surface area contributed by atoms with Gasteiger partial charge < -0.3 is 14.8 Å². The number of rotatable bonds is 7. The van der Waals surface area contributed by atoms with Crippen LogP contribution in [0.25, 0.3) is 0 Å². The molecule has 0 fully saturated rings. The summed E-state index contributed by atoms with van der Waals surface area (Å²) in [7, 11) is -1.14. The molecule has 0 heterocycles. The lowest BCUT2D eigenvalue weighted by Crippen LogP contribution is -2.16. The van der Waals surface area contributed by atoms with E-state index in [2.05, 4.69) is 10.0 Å². The summed E-state index contributed by atoms with van der Waals surface area (Å²) in [5, 5.41) is 3.22. The average Bonchev–Trinajstić information content (AvgIpc) is 2.73. The largest absolute Gasteiger partial charge is 0.495 e. The number of para-hydroxylation sites is 2. The molecule has 2 N–H and O–H groups in total. The second kappa shape index (κ2) is 9.47. The Morgan fingerprint density at radius 1 is 0.839 bits per heavy atom. The van der Waals surface area contributed by atoms with Crippen LogP contribution in [0.15, 0.2) is 65.6 Å². The van der Waals surface area contributed by atoms with Crippen LogP contribution in [0.1, 0.15) is 10.4 Å². The van der Waals surface area contributed by atoms with E-state index in [4.69, 9.17) is 32.7 Å². The molecule has 10 heteroatoms. The smallest absolute Gasteiger partial charge is 0.262 e. The summed E-state index contributed by atoms with van der Waals surface area (Å²) < 4.78 is 38.7. The van der Waals surface area contributed by atoms with E-state index in [9.17, 15) is 13.2 Å². The molecule has 0 aliphatic rings. The zero-order chi connectivity index (χ0) is 22.6. The summed E-state index contributed by atoms with van der Waals surface area (Å²) in [5.41, 5.74) is 0.645. The molecule has 0 atom stereocenters. The van der Waals surface area contributed by atoms with Gasteiger partial charge in [0.2, 0.25) is 0 Å². The summed E-state index contributed by atoms with van der Waals surface area (Å²) in [4.78, 5) is 12.6. The van der Waals surface area contributed by atoms with Crippen molar-refractivity contribution in [1.29, 1.82) is 0 Å². The molecule has 3 rings (SSSR count). The Balaban J connectivity index is 1.93. The van der Waals surface area contributed by atoms with E-state index >= 15 is 0 Å². The van der Waals surface area contributed by atoms with Gasteiger partial charge >= 0.3 is 0 Å². The Morgan fingerprint density at radius 2 is 1.45 bits per heavy atom. The highest BCUT2D eigenvalue weighted by Crippen LogP contribution is 2.31. The SMILES string of the molecule is COc1ccc(S(=O)(=O)Nc2ccccc2OC)cc1NC(=O)c1cc(Cl)cc(Cl)c1. The van der Waals surface area contributed by atoms with Crippen molar-refractivity contribution in [2.45, 2.75) is 4.90 Å². The molecule has 31 heavy (non-hydrogen) atoms. The summed E-state index contributed by atoms with van der Waals surface area (Å²) in [6.45, 7) is 0. The van der Waals surface area contributed by atoms with Crippen molar-refractivity contribution in [3.8, 4) is 11.5 Å². The zero-order valence-electron chi connectivity index (χ0n) is 16.5. The summed E-state index contributed by atoms with van der Waals surface area (Å²) in [6.07, 6.45) is 0. The van der Waals surface area contributed by atoms with E-state index in [1.54, 1.807) is 24.3 Å². The quantitative estimate of drug-likeness (QED) is 0.492. The molecule has 3 aromatic carbocycles. The van der Waals surface area contributed by atoms with E-state index < -0.39 is 15.9 Å². The molecule has 1 amide bonds. The van der Waals surface area contributed by atoms with Crippen LogP contribution in [0, 0.1) is 0 Å². The van der Waals surface area contributed by atoms with Gasteiger partial charge in [-0.05, 0) is 48.5 Å². The van der Waals surface area contributed by atoms with E-state index in [1.807, 2.05) is 0 Å². The molecular formula is C21H18Cl2N2O5S. The van der Waals surface area contributed by atoms with Gasteiger partial charge in [0, 0.05) is 15.6 Å². The van der Waals surface area contributed by atoms with Gasteiger partial charge in [0.15, 0.2) is 0 Å². The van der Waals surface area contributed by atoms with Gasteiger partial charge in [0.1, 0.15) is 11.5 Å². The lowest BCUT2D eigenvalue weighted by molar-refractivity contribution is 0.102. The molecule has 0 bridgehead atoms. The average molecular weight is 481 g/mol. The number of anilines is 2. The maximum Gasteiger partial charge on any atom is 0.262 e. The third-order valence-electron chi connectivity index (χ3n) is 4.21. The number of halogens is 2. The number of amides is 1. The van der Waals surface area contributed by atoms with Crippen LogP contribution in [0.4, 0.5) is 11.4 Å². The van der Waals surface area contributed by atoms with Crippen molar-refractivity contribution in [2.75, 3.05) is 24.3 Å². The van der Waals surface area contributed by atoms with Gasteiger partial charge in [-0.3, -0.25) is 9.52 Å². The Kier molecular flexibility index (Phi) is 6.94. The highest BCUT2D eigenvalue weighted by molar-refractivity contribution is 7.92. The first kappa shape index (κ1) is 22.7. The second-order valence-electron chi connectivity index (χ2n) is 6.28. The minimum Gasteiger partial charge on any atom is -0.495 e. The van der Waals surface area contributed by atoms with Crippen LogP contribution in [-0.4, -0.2) is 28.5 Å². The second-order valence-corrected chi connectivity index (χ2v) is 8.84. The number of ether oxygens (including phenoxy) is 2. The molecule has 0 aromatic heterocycles. The van der Waals surface area contributed by atoms with E-state index in [0.29, 0.717) is 15.8 Å². The minimum atomic E-state index is -3.99. The molecule has 0 saturated heterocycles. The Labute approximate surface area is 189 Å². The first-order valence-electron chi connectivity index (χ1n) is 8.85. The first-order valence-corrected chi connectivity index (χ1v) is 11.1. The molecular weight excluding hydrogens is 463 g/mol. The third-order valence-corrected chi connectivity index (χ3v) is 6.01. The number of hydrogen-bond acceptors (Lipinski definition) is 5. The molecule has 0 aliphatic carbocycles. The highest BCUT2D eigenvalue weighted by atomic mass is 35.5. The van der Waals surface area contributed by atoms with Crippen molar-refractivity contribution in [3.63, 3.8) is 0 Å². The van der Waals surface area contributed by atoms with Crippen LogP contribution >= 0.6 is 23.2 Å². The fourth-order valence-corrected chi connectivity index (χ4v) is 4.39. The van der Waals surface area contributed by atoms with Crippen molar-refractivity contribution in [2.24, 2.45) is 0 Å². The molecule has 3 aromatic rings. The molecule has 0 radical (unpaired) electrons. The van der Waals surface area contributed by atoms with Crippen molar-refractivity contribution < 1.29 is 22.7 Å². The van der Waals surface area contributed by atoms with Crippen molar-refractivity contribution in [3.05, 3.63) is 76.3 Å². The predicted octanol–water partition coefficient (Wildman–Crippen LogP) is 5.06. The maximum atomic E-state index is 12.9. The van der Waals surface area contributed by atoms with E-state index in [1.165, 1.54) is 50.6 Å². The van der Waals surface area contributed by atoms with Gasteiger partial charge in [-0.15, -0.1) is 0 Å². The normalized spacial score (nSPS) is 11.0. The Morgan fingerprint density at radius 3 is 2.10 bits per heavy atom. The molecule has 7 nitrogen and oxygen atoms in total. The zero-order valence-corrected chi connectivity index (χ0v) is 18.8. The highest BCUT2D eigenvalue weighted by Gasteiger charge is 2.20. The van der Waals surface area contributed by atoms with Crippen LogP contribution in [0.3, 0.4) is 0 Å². The van der Waals surface area contributed by atoms with Gasteiger partial charge in [-0.25, -0.2) is 8.42 Å². The van der Waals surface area contributed by atoms with Crippen LogP contribution < -0.4 is 19.5 Å². The Bertz CT molecular complexity index is 1210.